The van der Waals surface area contributed by atoms with Gasteiger partial charge in [0.05, 0.1) is 6.04 Å². The molecule has 0 bridgehead atoms. The Hall–Kier alpha value is -1.22. The second kappa shape index (κ2) is 5.41. The third-order valence-electron chi connectivity index (χ3n) is 2.10. The van der Waals surface area contributed by atoms with Gasteiger partial charge in [-0.15, -0.1) is 0 Å². The summed E-state index contributed by atoms with van der Waals surface area (Å²) in [5.74, 6) is 0. The van der Waals surface area contributed by atoms with Crippen molar-refractivity contribution in [1.29, 1.82) is 0 Å². The van der Waals surface area contributed by atoms with Gasteiger partial charge in [0.25, 0.3) is 0 Å². The molecule has 0 heterocycles. The number of hydrogen-bond donors (Lipinski definition) is 1. The van der Waals surface area contributed by atoms with Crippen molar-refractivity contribution in [3.05, 3.63) is 34.9 Å². The molecule has 0 saturated carbocycles. The van der Waals surface area contributed by atoms with E-state index in [9.17, 15) is 4.79 Å². The number of amides is 1. The molecule has 0 aliphatic heterocycles. The minimum Gasteiger partial charge on any atom is -0.444 e. The molecule has 1 aromatic carbocycles. The normalized spacial score (nSPS) is 13.0. The number of benzene rings is 1. The van der Waals surface area contributed by atoms with Crippen LogP contribution in [0.25, 0.3) is 0 Å². The van der Waals surface area contributed by atoms with E-state index in [-0.39, 0.29) is 6.04 Å². The molecular formula is C13H18ClNO2. The van der Waals surface area contributed by atoms with Gasteiger partial charge in [-0.05, 0) is 39.3 Å². The Morgan fingerprint density at radius 3 is 2.47 bits per heavy atom. The SMILES string of the molecule is CC(NC(=O)OC(C)(C)C)c1ccccc1Cl. The number of halogens is 1. The summed E-state index contributed by atoms with van der Waals surface area (Å²) in [5, 5.41) is 3.38. The van der Waals surface area contributed by atoms with Crippen molar-refractivity contribution < 1.29 is 9.53 Å². The highest BCUT2D eigenvalue weighted by atomic mass is 35.5. The molecule has 1 amide bonds. The van der Waals surface area contributed by atoms with Crippen molar-refractivity contribution in [1.82, 2.24) is 5.32 Å². The third kappa shape index (κ3) is 4.65. The summed E-state index contributed by atoms with van der Waals surface area (Å²) in [6.45, 7) is 7.34. The second-order valence-electron chi connectivity index (χ2n) is 4.89. The first kappa shape index (κ1) is 13.8. The molecule has 0 radical (unpaired) electrons. The summed E-state index contributed by atoms with van der Waals surface area (Å²) in [6, 6.07) is 7.23. The van der Waals surface area contributed by atoms with Crippen molar-refractivity contribution >= 4 is 17.7 Å². The molecule has 1 aromatic rings. The molecule has 0 aliphatic rings. The topological polar surface area (TPSA) is 38.3 Å². The van der Waals surface area contributed by atoms with Gasteiger partial charge in [0.1, 0.15) is 5.60 Å². The highest BCUT2D eigenvalue weighted by Gasteiger charge is 2.18. The van der Waals surface area contributed by atoms with Crippen molar-refractivity contribution in [3.8, 4) is 0 Å². The Morgan fingerprint density at radius 1 is 1.35 bits per heavy atom. The maximum atomic E-state index is 11.6. The van der Waals surface area contributed by atoms with E-state index in [0.717, 1.165) is 5.56 Å². The molecule has 94 valence electrons. The van der Waals surface area contributed by atoms with Gasteiger partial charge in [-0.25, -0.2) is 4.79 Å². The van der Waals surface area contributed by atoms with Crippen LogP contribution in [0.1, 0.15) is 39.3 Å². The molecule has 1 unspecified atom stereocenters. The zero-order valence-electron chi connectivity index (χ0n) is 10.6. The number of nitrogens with one attached hydrogen (secondary N) is 1. The predicted molar refractivity (Wildman–Crippen MR) is 69.2 cm³/mol. The van der Waals surface area contributed by atoms with E-state index in [4.69, 9.17) is 16.3 Å². The molecular weight excluding hydrogens is 238 g/mol. The van der Waals surface area contributed by atoms with E-state index in [1.807, 2.05) is 45.9 Å². The van der Waals surface area contributed by atoms with Gasteiger partial charge in [-0.2, -0.15) is 0 Å². The minimum absolute atomic E-state index is 0.182. The fourth-order valence-corrected chi connectivity index (χ4v) is 1.69. The van der Waals surface area contributed by atoms with E-state index in [0.29, 0.717) is 5.02 Å². The molecule has 1 N–H and O–H groups in total. The lowest BCUT2D eigenvalue weighted by Gasteiger charge is -2.22. The summed E-state index contributed by atoms with van der Waals surface area (Å²) in [4.78, 5) is 11.6. The lowest BCUT2D eigenvalue weighted by Crippen LogP contribution is -2.34. The van der Waals surface area contributed by atoms with E-state index in [1.54, 1.807) is 6.07 Å². The second-order valence-corrected chi connectivity index (χ2v) is 5.30. The Balaban J connectivity index is 2.64. The number of alkyl carbamates (subject to hydrolysis) is 1. The van der Waals surface area contributed by atoms with Gasteiger partial charge in [0.2, 0.25) is 0 Å². The van der Waals surface area contributed by atoms with Crippen LogP contribution in [0.5, 0.6) is 0 Å². The zero-order valence-corrected chi connectivity index (χ0v) is 11.3. The van der Waals surface area contributed by atoms with Gasteiger partial charge in [0, 0.05) is 5.02 Å². The molecule has 0 fully saturated rings. The molecule has 4 heteroatoms. The van der Waals surface area contributed by atoms with Crippen molar-refractivity contribution in [2.45, 2.75) is 39.3 Å². The molecule has 0 aromatic heterocycles. The third-order valence-corrected chi connectivity index (χ3v) is 2.45. The van der Waals surface area contributed by atoms with Gasteiger partial charge >= 0.3 is 6.09 Å². The average molecular weight is 256 g/mol. The predicted octanol–water partition coefficient (Wildman–Crippen LogP) is 3.93. The Morgan fingerprint density at radius 2 is 1.94 bits per heavy atom. The summed E-state index contributed by atoms with van der Waals surface area (Å²) in [6.07, 6.45) is -0.440. The summed E-state index contributed by atoms with van der Waals surface area (Å²) in [7, 11) is 0. The lowest BCUT2D eigenvalue weighted by atomic mass is 10.1. The van der Waals surface area contributed by atoms with Gasteiger partial charge in [-0.1, -0.05) is 29.8 Å². The Bertz CT molecular complexity index is 399. The quantitative estimate of drug-likeness (QED) is 0.870. The molecule has 1 rings (SSSR count). The smallest absolute Gasteiger partial charge is 0.408 e. The molecule has 0 aliphatic carbocycles. The van der Waals surface area contributed by atoms with Crippen LogP contribution in [0.15, 0.2) is 24.3 Å². The van der Waals surface area contributed by atoms with Crippen LogP contribution >= 0.6 is 11.6 Å². The van der Waals surface area contributed by atoms with Crippen molar-refractivity contribution in [2.24, 2.45) is 0 Å². The van der Waals surface area contributed by atoms with Crippen LogP contribution in [0.2, 0.25) is 5.02 Å². The molecule has 3 nitrogen and oxygen atoms in total. The van der Waals surface area contributed by atoms with E-state index in [2.05, 4.69) is 5.32 Å². The molecule has 0 spiro atoms. The maximum absolute atomic E-state index is 11.6. The van der Waals surface area contributed by atoms with Crippen LogP contribution in [0.3, 0.4) is 0 Å². The Labute approximate surface area is 107 Å². The zero-order chi connectivity index (χ0) is 13.1. The molecule has 0 saturated heterocycles. The van der Waals surface area contributed by atoms with Crippen LogP contribution in [0.4, 0.5) is 4.79 Å². The van der Waals surface area contributed by atoms with Crippen LogP contribution in [0, 0.1) is 0 Å². The fourth-order valence-electron chi connectivity index (χ4n) is 1.39. The average Bonchev–Trinajstić information content (AvgIpc) is 2.14. The van der Waals surface area contributed by atoms with Crippen LogP contribution in [-0.4, -0.2) is 11.7 Å². The number of carbonyl (C=O) groups is 1. The van der Waals surface area contributed by atoms with Gasteiger partial charge in [0.15, 0.2) is 0 Å². The fraction of sp³-hybridized carbons (Fsp3) is 0.462. The van der Waals surface area contributed by atoms with Crippen molar-refractivity contribution in [3.63, 3.8) is 0 Å². The minimum atomic E-state index is -0.496. The Kier molecular flexibility index (Phi) is 4.40. The maximum Gasteiger partial charge on any atom is 0.408 e. The molecule has 1 atom stereocenters. The first-order valence-electron chi connectivity index (χ1n) is 5.53. The summed E-state index contributed by atoms with van der Waals surface area (Å²) >= 11 is 6.04. The van der Waals surface area contributed by atoms with Crippen molar-refractivity contribution in [2.75, 3.05) is 0 Å². The van der Waals surface area contributed by atoms with Crippen LogP contribution < -0.4 is 5.32 Å². The first-order valence-corrected chi connectivity index (χ1v) is 5.91. The lowest BCUT2D eigenvalue weighted by molar-refractivity contribution is 0.0508. The van der Waals surface area contributed by atoms with Gasteiger partial charge in [-0.3, -0.25) is 0 Å². The summed E-state index contributed by atoms with van der Waals surface area (Å²) in [5.41, 5.74) is 0.379. The molecule has 17 heavy (non-hydrogen) atoms. The van der Waals surface area contributed by atoms with E-state index in [1.165, 1.54) is 0 Å². The van der Waals surface area contributed by atoms with E-state index >= 15 is 0 Å². The van der Waals surface area contributed by atoms with E-state index < -0.39 is 11.7 Å². The standard InChI is InChI=1S/C13H18ClNO2/c1-9(10-7-5-6-8-11(10)14)15-12(16)17-13(2,3)4/h5-9H,1-4H3,(H,15,16). The summed E-state index contributed by atoms with van der Waals surface area (Å²) < 4.78 is 5.18. The number of hydrogen-bond acceptors (Lipinski definition) is 2. The monoisotopic (exact) mass is 255 g/mol. The number of rotatable bonds is 2. The largest absolute Gasteiger partial charge is 0.444 e. The number of ether oxygens (including phenoxy) is 1. The van der Waals surface area contributed by atoms with Crippen LogP contribution in [-0.2, 0) is 4.74 Å². The highest BCUT2D eigenvalue weighted by molar-refractivity contribution is 6.31. The first-order chi connectivity index (χ1) is 7.79. The van der Waals surface area contributed by atoms with Gasteiger partial charge < -0.3 is 10.1 Å². The highest BCUT2D eigenvalue weighted by Crippen LogP contribution is 2.22. The number of carbonyl (C=O) groups excluding carboxylic acids is 1.